The van der Waals surface area contributed by atoms with Gasteiger partial charge in [-0.25, -0.2) is 10.2 Å². The van der Waals surface area contributed by atoms with E-state index in [2.05, 4.69) is 21.2 Å². The molecule has 0 aromatic heterocycles. The average molecular weight is 497 g/mol. The molecule has 0 bridgehead atoms. The molecular formula is C25H28N4O5S. The van der Waals surface area contributed by atoms with Gasteiger partial charge in [0, 0.05) is 11.3 Å². The van der Waals surface area contributed by atoms with Gasteiger partial charge in [0.25, 0.3) is 5.91 Å². The predicted molar refractivity (Wildman–Crippen MR) is 136 cm³/mol. The number of hydrogen-bond acceptors (Lipinski definition) is 7. The molecule has 2 aromatic carbocycles. The second-order valence-corrected chi connectivity index (χ2v) is 7.82. The standard InChI is InChI=1S/C25H28N4O5S/c1-4-32-18-10-8-9-17(13-18)14-26-29-21(30)15-34-20-12-7-6-11-19(20)23-22(24(31)33-5-2)16(3)27-25(35)28-23/h6-14,23H,4-5,15H2,1-3H3,(H,29,30)(H2,27,28,35)/t23-/m1/s1. The van der Waals surface area contributed by atoms with Crippen LogP contribution < -0.4 is 25.5 Å². The third-order valence-electron chi connectivity index (χ3n) is 4.93. The molecule has 0 unspecified atom stereocenters. The summed E-state index contributed by atoms with van der Waals surface area (Å²) in [5.41, 5.74) is 4.85. The lowest BCUT2D eigenvalue weighted by atomic mass is 9.95. The van der Waals surface area contributed by atoms with E-state index < -0.39 is 17.9 Å². The number of benzene rings is 2. The number of esters is 1. The number of thiocarbonyl (C=S) groups is 1. The van der Waals surface area contributed by atoms with Crippen LogP contribution in [0.5, 0.6) is 11.5 Å². The molecule has 0 radical (unpaired) electrons. The molecule has 9 nitrogen and oxygen atoms in total. The summed E-state index contributed by atoms with van der Waals surface area (Å²) in [4.78, 5) is 25.0. The zero-order chi connectivity index (χ0) is 25.2. The molecule has 184 valence electrons. The number of para-hydroxylation sites is 1. The van der Waals surface area contributed by atoms with Gasteiger partial charge in [0.15, 0.2) is 11.7 Å². The number of nitrogens with zero attached hydrogens (tertiary/aromatic N) is 1. The Labute approximate surface area is 209 Å². The van der Waals surface area contributed by atoms with Crippen LogP contribution in [0.1, 0.15) is 37.9 Å². The minimum Gasteiger partial charge on any atom is -0.494 e. The number of rotatable bonds is 10. The number of amides is 1. The molecule has 3 rings (SSSR count). The van der Waals surface area contributed by atoms with Crippen molar-refractivity contribution in [3.63, 3.8) is 0 Å². The van der Waals surface area contributed by atoms with Crippen LogP contribution >= 0.6 is 12.2 Å². The second kappa shape index (κ2) is 12.5. The fraction of sp³-hybridized carbons (Fsp3) is 0.280. The molecule has 2 aromatic rings. The van der Waals surface area contributed by atoms with E-state index in [4.69, 9.17) is 26.4 Å². The molecule has 1 aliphatic heterocycles. The second-order valence-electron chi connectivity index (χ2n) is 7.42. The number of hydrazone groups is 1. The number of allylic oxidation sites excluding steroid dienone is 1. The highest BCUT2D eigenvalue weighted by Crippen LogP contribution is 2.33. The Hall–Kier alpha value is -3.92. The van der Waals surface area contributed by atoms with Gasteiger partial charge >= 0.3 is 5.97 Å². The molecule has 1 atom stereocenters. The van der Waals surface area contributed by atoms with Crippen LogP contribution in [0.15, 0.2) is 64.9 Å². The van der Waals surface area contributed by atoms with Crippen molar-refractivity contribution in [2.45, 2.75) is 26.8 Å². The monoisotopic (exact) mass is 496 g/mol. The van der Waals surface area contributed by atoms with Crippen molar-refractivity contribution in [2.24, 2.45) is 5.10 Å². The van der Waals surface area contributed by atoms with Crippen LogP contribution in [-0.4, -0.2) is 43.0 Å². The predicted octanol–water partition coefficient (Wildman–Crippen LogP) is 2.97. The summed E-state index contributed by atoms with van der Waals surface area (Å²) in [5.74, 6) is 0.240. The van der Waals surface area contributed by atoms with Crippen molar-refractivity contribution >= 4 is 35.4 Å². The van der Waals surface area contributed by atoms with Gasteiger partial charge in [-0.2, -0.15) is 5.10 Å². The van der Waals surface area contributed by atoms with Gasteiger partial charge in [-0.1, -0.05) is 30.3 Å². The van der Waals surface area contributed by atoms with Crippen LogP contribution in [0.4, 0.5) is 0 Å². The fourth-order valence-corrected chi connectivity index (χ4v) is 3.73. The summed E-state index contributed by atoms with van der Waals surface area (Å²) < 4.78 is 16.5. The molecule has 0 fully saturated rings. The molecule has 1 heterocycles. The first-order valence-electron chi connectivity index (χ1n) is 11.1. The average Bonchev–Trinajstić information content (AvgIpc) is 2.83. The minimum atomic E-state index is -0.599. The van der Waals surface area contributed by atoms with E-state index in [9.17, 15) is 9.59 Å². The molecule has 0 aliphatic carbocycles. The minimum absolute atomic E-state index is 0.238. The first-order chi connectivity index (χ1) is 16.9. The Morgan fingerprint density at radius 3 is 2.69 bits per heavy atom. The maximum Gasteiger partial charge on any atom is 0.338 e. The topological polar surface area (TPSA) is 110 Å². The number of carbonyl (C=O) groups excluding carboxylic acids is 2. The Kier molecular flexibility index (Phi) is 9.19. The molecule has 1 aliphatic rings. The highest BCUT2D eigenvalue weighted by atomic mass is 32.1. The van der Waals surface area contributed by atoms with Gasteiger partial charge < -0.3 is 24.8 Å². The van der Waals surface area contributed by atoms with Crippen molar-refractivity contribution < 1.29 is 23.8 Å². The molecule has 35 heavy (non-hydrogen) atoms. The highest BCUT2D eigenvalue weighted by Gasteiger charge is 2.32. The zero-order valence-corrected chi connectivity index (χ0v) is 20.6. The van der Waals surface area contributed by atoms with Gasteiger partial charge in [-0.15, -0.1) is 0 Å². The van der Waals surface area contributed by atoms with Crippen LogP contribution in [-0.2, 0) is 14.3 Å². The van der Waals surface area contributed by atoms with Crippen LogP contribution in [0.25, 0.3) is 0 Å². The van der Waals surface area contributed by atoms with Crippen molar-refractivity contribution in [3.05, 3.63) is 70.9 Å². The Bertz CT molecular complexity index is 1150. The summed E-state index contributed by atoms with van der Waals surface area (Å²) in [7, 11) is 0. The summed E-state index contributed by atoms with van der Waals surface area (Å²) in [5, 5.41) is 10.4. The van der Waals surface area contributed by atoms with Gasteiger partial charge in [0.05, 0.1) is 31.0 Å². The first-order valence-corrected chi connectivity index (χ1v) is 11.6. The normalized spacial score (nSPS) is 15.3. The summed E-state index contributed by atoms with van der Waals surface area (Å²) in [6.45, 7) is 5.92. The van der Waals surface area contributed by atoms with Crippen LogP contribution in [0, 0.1) is 0 Å². The quantitative estimate of drug-likeness (QED) is 0.199. The Morgan fingerprint density at radius 1 is 1.11 bits per heavy atom. The van der Waals surface area contributed by atoms with Crippen molar-refractivity contribution in [2.75, 3.05) is 19.8 Å². The Balaban J connectivity index is 1.68. The molecule has 0 saturated heterocycles. The van der Waals surface area contributed by atoms with Crippen molar-refractivity contribution in [3.8, 4) is 11.5 Å². The molecule has 10 heteroatoms. The molecular weight excluding hydrogens is 468 g/mol. The van der Waals surface area contributed by atoms with Crippen molar-refractivity contribution in [1.82, 2.24) is 16.1 Å². The fourth-order valence-electron chi connectivity index (χ4n) is 3.46. The summed E-state index contributed by atoms with van der Waals surface area (Å²) in [6.07, 6.45) is 1.52. The SMILES string of the molecule is CCOC(=O)C1=C(C)NC(=S)N[C@@H]1c1ccccc1OCC(=O)NN=Cc1cccc(OCC)c1. The Morgan fingerprint density at radius 2 is 1.91 bits per heavy atom. The van der Waals surface area contributed by atoms with E-state index in [0.29, 0.717) is 34.3 Å². The molecule has 0 spiro atoms. The van der Waals surface area contributed by atoms with Gasteiger partial charge in [-0.3, -0.25) is 4.79 Å². The molecule has 3 N–H and O–H groups in total. The molecule has 1 amide bonds. The lowest BCUT2D eigenvalue weighted by Crippen LogP contribution is -2.45. The highest BCUT2D eigenvalue weighted by molar-refractivity contribution is 7.80. The largest absolute Gasteiger partial charge is 0.494 e. The lowest BCUT2D eigenvalue weighted by molar-refractivity contribution is -0.139. The van der Waals surface area contributed by atoms with Crippen LogP contribution in [0.2, 0.25) is 0 Å². The van der Waals surface area contributed by atoms with Crippen LogP contribution in [0.3, 0.4) is 0 Å². The molecule has 0 saturated carbocycles. The van der Waals surface area contributed by atoms with Gasteiger partial charge in [0.1, 0.15) is 11.5 Å². The zero-order valence-electron chi connectivity index (χ0n) is 19.8. The maximum absolute atomic E-state index is 12.6. The van der Waals surface area contributed by atoms with Gasteiger partial charge in [-0.05, 0) is 56.8 Å². The number of nitrogens with one attached hydrogen (secondary N) is 3. The van der Waals surface area contributed by atoms with Gasteiger partial charge in [0.2, 0.25) is 0 Å². The van der Waals surface area contributed by atoms with E-state index in [1.165, 1.54) is 6.21 Å². The summed E-state index contributed by atoms with van der Waals surface area (Å²) >= 11 is 5.29. The van der Waals surface area contributed by atoms with E-state index in [1.54, 1.807) is 32.0 Å². The number of ether oxygens (including phenoxy) is 3. The van der Waals surface area contributed by atoms with E-state index in [0.717, 1.165) is 11.3 Å². The van der Waals surface area contributed by atoms with Crippen molar-refractivity contribution in [1.29, 1.82) is 0 Å². The first kappa shape index (κ1) is 25.7. The third-order valence-corrected chi connectivity index (χ3v) is 5.15. The van der Waals surface area contributed by atoms with E-state index in [-0.39, 0.29) is 13.2 Å². The number of carbonyl (C=O) groups is 2. The number of hydrogen-bond donors (Lipinski definition) is 3. The smallest absolute Gasteiger partial charge is 0.338 e. The maximum atomic E-state index is 12.6. The van der Waals surface area contributed by atoms with E-state index >= 15 is 0 Å². The van der Waals surface area contributed by atoms with E-state index in [1.807, 2.05) is 37.3 Å². The summed E-state index contributed by atoms with van der Waals surface area (Å²) in [6, 6.07) is 13.9. The third kappa shape index (κ3) is 7.03. The lowest BCUT2D eigenvalue weighted by Gasteiger charge is -2.30.